The molecule has 56 valence electrons. The summed E-state index contributed by atoms with van der Waals surface area (Å²) in [6.45, 7) is 1.62. The molecule has 0 saturated heterocycles. The van der Waals surface area contributed by atoms with Crippen LogP contribution in [-0.4, -0.2) is 10.3 Å². The average molecular weight is 162 g/mol. The maximum atomic E-state index is 8.97. The number of aliphatic hydroxyl groups is 1. The number of halogens is 1. The first-order valence-electron chi connectivity index (χ1n) is 2.93. The molecule has 3 nitrogen and oxygen atoms in total. The van der Waals surface area contributed by atoms with Crippen LogP contribution in [-0.2, 0) is 5.88 Å². The molecular weight excluding hydrogens is 154 g/mol. The van der Waals surface area contributed by atoms with Gasteiger partial charge in [-0.3, -0.25) is 0 Å². The smallest absolute Gasteiger partial charge is 0.151 e. The van der Waals surface area contributed by atoms with Crippen molar-refractivity contribution in [3.8, 4) is 0 Å². The van der Waals surface area contributed by atoms with E-state index in [9.17, 15) is 0 Å². The Bertz CT molecular complexity index is 209. The molecule has 0 spiro atoms. The van der Waals surface area contributed by atoms with Gasteiger partial charge in [-0.1, -0.05) is 5.16 Å². The fourth-order valence-corrected chi connectivity index (χ4v) is 0.715. The summed E-state index contributed by atoms with van der Waals surface area (Å²) in [4.78, 5) is 0. The van der Waals surface area contributed by atoms with Crippen LogP contribution in [0.2, 0.25) is 0 Å². The van der Waals surface area contributed by atoms with Gasteiger partial charge in [-0.2, -0.15) is 0 Å². The first-order chi connectivity index (χ1) is 4.74. The average Bonchev–Trinajstić information content (AvgIpc) is 2.34. The van der Waals surface area contributed by atoms with Gasteiger partial charge in [0.25, 0.3) is 0 Å². The first kappa shape index (κ1) is 7.57. The molecule has 1 aromatic heterocycles. The minimum Gasteiger partial charge on any atom is -0.387 e. The molecule has 0 aliphatic carbocycles. The second-order valence-corrected chi connectivity index (χ2v) is 2.29. The van der Waals surface area contributed by atoms with E-state index in [1.807, 2.05) is 0 Å². The Labute approximate surface area is 63.6 Å². The molecule has 1 unspecified atom stereocenters. The van der Waals surface area contributed by atoms with Gasteiger partial charge in [-0.15, -0.1) is 11.6 Å². The van der Waals surface area contributed by atoms with E-state index >= 15 is 0 Å². The highest BCUT2D eigenvalue weighted by Crippen LogP contribution is 2.12. The number of rotatable bonds is 2. The zero-order valence-corrected chi connectivity index (χ0v) is 6.30. The van der Waals surface area contributed by atoms with Crippen molar-refractivity contribution in [2.24, 2.45) is 0 Å². The van der Waals surface area contributed by atoms with Crippen LogP contribution in [0.25, 0.3) is 0 Å². The highest BCUT2D eigenvalue weighted by atomic mass is 35.5. The lowest BCUT2D eigenvalue weighted by molar-refractivity contribution is 0.187. The molecule has 0 aliphatic heterocycles. The molecule has 1 rings (SSSR count). The predicted octanol–water partition coefficient (Wildman–Crippen LogP) is 1.47. The third-order valence-electron chi connectivity index (χ3n) is 1.14. The van der Waals surface area contributed by atoms with Crippen LogP contribution in [0.4, 0.5) is 0 Å². The summed E-state index contributed by atoms with van der Waals surface area (Å²) in [5.74, 6) is 0.872. The van der Waals surface area contributed by atoms with E-state index < -0.39 is 6.10 Å². The van der Waals surface area contributed by atoms with Gasteiger partial charge in [0.15, 0.2) is 5.76 Å². The Balaban J connectivity index is 2.78. The number of hydrogen-bond acceptors (Lipinski definition) is 3. The van der Waals surface area contributed by atoms with Crippen molar-refractivity contribution >= 4 is 11.6 Å². The number of alkyl halides is 1. The van der Waals surface area contributed by atoms with Crippen molar-refractivity contribution in [1.82, 2.24) is 5.16 Å². The highest BCUT2D eigenvalue weighted by molar-refractivity contribution is 6.16. The molecule has 0 saturated carbocycles. The zero-order chi connectivity index (χ0) is 7.56. The van der Waals surface area contributed by atoms with Crippen LogP contribution in [0.15, 0.2) is 10.6 Å². The summed E-state index contributed by atoms with van der Waals surface area (Å²) in [7, 11) is 0. The molecule has 1 aromatic rings. The SMILES string of the molecule is CC(O)c1cc(CCl)on1. The lowest BCUT2D eigenvalue weighted by atomic mass is 10.3. The lowest BCUT2D eigenvalue weighted by Crippen LogP contribution is -1.88. The molecule has 10 heavy (non-hydrogen) atoms. The van der Waals surface area contributed by atoms with Gasteiger partial charge in [-0.05, 0) is 6.92 Å². The minimum atomic E-state index is -0.583. The van der Waals surface area contributed by atoms with Crippen molar-refractivity contribution in [3.63, 3.8) is 0 Å². The van der Waals surface area contributed by atoms with Gasteiger partial charge < -0.3 is 9.63 Å². The van der Waals surface area contributed by atoms with E-state index in [1.165, 1.54) is 0 Å². The number of aliphatic hydroxyl groups excluding tert-OH is 1. The molecule has 0 fully saturated rings. The van der Waals surface area contributed by atoms with Crippen molar-refractivity contribution in [2.75, 3.05) is 0 Å². The van der Waals surface area contributed by atoms with Crippen molar-refractivity contribution in [3.05, 3.63) is 17.5 Å². The maximum Gasteiger partial charge on any atom is 0.151 e. The summed E-state index contributed by atoms with van der Waals surface area (Å²) >= 11 is 5.43. The fourth-order valence-electron chi connectivity index (χ4n) is 0.589. The van der Waals surface area contributed by atoms with Crippen LogP contribution < -0.4 is 0 Å². The molecule has 0 radical (unpaired) electrons. The Morgan fingerprint density at radius 3 is 2.90 bits per heavy atom. The van der Waals surface area contributed by atoms with E-state index in [0.717, 1.165) is 0 Å². The van der Waals surface area contributed by atoms with Crippen molar-refractivity contribution < 1.29 is 9.63 Å². The van der Waals surface area contributed by atoms with Crippen LogP contribution in [0.1, 0.15) is 24.5 Å². The van der Waals surface area contributed by atoms with Crippen LogP contribution in [0, 0.1) is 0 Å². The van der Waals surface area contributed by atoms with E-state index in [-0.39, 0.29) is 0 Å². The Kier molecular flexibility index (Phi) is 2.29. The quantitative estimate of drug-likeness (QED) is 0.669. The molecular formula is C6H8ClNO2. The van der Waals surface area contributed by atoms with E-state index in [4.69, 9.17) is 21.2 Å². The molecule has 1 atom stereocenters. The standard InChI is InChI=1S/C6H8ClNO2/c1-4(9)6-2-5(3-7)10-8-6/h2,4,9H,3H2,1H3. The number of hydrogen-bond donors (Lipinski definition) is 1. The molecule has 0 aromatic carbocycles. The van der Waals surface area contributed by atoms with Crippen LogP contribution >= 0.6 is 11.6 Å². The van der Waals surface area contributed by atoms with Gasteiger partial charge in [-0.25, -0.2) is 0 Å². The Morgan fingerprint density at radius 2 is 2.60 bits per heavy atom. The van der Waals surface area contributed by atoms with Gasteiger partial charge in [0.2, 0.25) is 0 Å². The van der Waals surface area contributed by atoms with Crippen molar-refractivity contribution in [2.45, 2.75) is 18.9 Å². The summed E-state index contributed by atoms with van der Waals surface area (Å²) in [6.07, 6.45) is -0.583. The van der Waals surface area contributed by atoms with Gasteiger partial charge in [0.05, 0.1) is 12.0 Å². The molecule has 0 bridgehead atoms. The second-order valence-electron chi connectivity index (χ2n) is 2.03. The van der Waals surface area contributed by atoms with Gasteiger partial charge in [0, 0.05) is 6.07 Å². The number of nitrogens with zero attached hydrogens (tertiary/aromatic N) is 1. The van der Waals surface area contributed by atoms with E-state index in [1.54, 1.807) is 13.0 Å². The fraction of sp³-hybridized carbons (Fsp3) is 0.500. The highest BCUT2D eigenvalue weighted by Gasteiger charge is 2.06. The maximum absolute atomic E-state index is 8.97. The molecule has 0 amide bonds. The summed E-state index contributed by atoms with van der Waals surface area (Å²) in [5, 5.41) is 12.5. The molecule has 4 heteroatoms. The zero-order valence-electron chi connectivity index (χ0n) is 5.54. The topological polar surface area (TPSA) is 46.3 Å². The molecule has 1 N–H and O–H groups in total. The predicted molar refractivity (Wildman–Crippen MR) is 36.7 cm³/mol. The summed E-state index contributed by atoms with van der Waals surface area (Å²) in [5.41, 5.74) is 0.524. The van der Waals surface area contributed by atoms with Crippen LogP contribution in [0.5, 0.6) is 0 Å². The Hall–Kier alpha value is -0.540. The third-order valence-corrected chi connectivity index (χ3v) is 1.40. The largest absolute Gasteiger partial charge is 0.387 e. The Morgan fingerprint density at radius 1 is 1.90 bits per heavy atom. The third kappa shape index (κ3) is 1.49. The van der Waals surface area contributed by atoms with Crippen LogP contribution in [0.3, 0.4) is 0 Å². The summed E-state index contributed by atoms with van der Waals surface area (Å²) < 4.78 is 4.73. The molecule has 0 aliphatic rings. The minimum absolute atomic E-state index is 0.291. The lowest BCUT2D eigenvalue weighted by Gasteiger charge is -1.92. The van der Waals surface area contributed by atoms with Crippen molar-refractivity contribution in [1.29, 1.82) is 0 Å². The monoisotopic (exact) mass is 161 g/mol. The second kappa shape index (κ2) is 3.03. The normalized spacial score (nSPS) is 13.5. The van der Waals surface area contributed by atoms with E-state index in [2.05, 4.69) is 5.16 Å². The first-order valence-corrected chi connectivity index (χ1v) is 3.47. The van der Waals surface area contributed by atoms with Gasteiger partial charge in [0.1, 0.15) is 5.69 Å². The number of aromatic nitrogens is 1. The summed E-state index contributed by atoms with van der Waals surface area (Å²) in [6, 6.07) is 1.64. The molecule has 1 heterocycles. The van der Waals surface area contributed by atoms with Gasteiger partial charge >= 0.3 is 0 Å². The van der Waals surface area contributed by atoms with E-state index in [0.29, 0.717) is 17.3 Å².